The Balaban J connectivity index is 4.11. The molecule has 0 N–H and O–H groups in total. The van der Waals surface area contributed by atoms with Crippen LogP contribution in [0, 0.1) is 0 Å². The number of carbonyl (C=O) groups excluding carboxylic acids is 3. The highest BCUT2D eigenvalue weighted by Gasteiger charge is 2.19. The number of hydrogen-bond donors (Lipinski definition) is 0. The molecule has 0 amide bonds. The Morgan fingerprint density at radius 1 is 0.284 bits per heavy atom. The van der Waals surface area contributed by atoms with Gasteiger partial charge in [0.25, 0.3) is 0 Å². The van der Waals surface area contributed by atoms with Gasteiger partial charge in [-0.2, -0.15) is 0 Å². The smallest absolute Gasteiger partial charge is 0.306 e. The predicted molar refractivity (Wildman–Crippen MR) is 320 cm³/mol. The molecule has 0 bridgehead atoms. The van der Waals surface area contributed by atoms with E-state index in [2.05, 4.69) is 118 Å². The fourth-order valence-corrected chi connectivity index (χ4v) is 8.72. The van der Waals surface area contributed by atoms with Gasteiger partial charge in [0.2, 0.25) is 0 Å². The monoisotopic (exact) mass is 1030 g/mol. The topological polar surface area (TPSA) is 78.9 Å². The molecule has 0 aliphatic rings. The van der Waals surface area contributed by atoms with Crippen LogP contribution in [-0.4, -0.2) is 37.2 Å². The normalized spacial score (nSPS) is 12.7. The Hall–Kier alpha value is -3.67. The van der Waals surface area contributed by atoms with Crippen LogP contribution in [0.25, 0.3) is 0 Å². The van der Waals surface area contributed by atoms with E-state index in [1.54, 1.807) is 0 Å². The van der Waals surface area contributed by atoms with Crippen LogP contribution >= 0.6 is 0 Å². The van der Waals surface area contributed by atoms with Crippen LogP contribution in [0.5, 0.6) is 0 Å². The average molecular weight is 1030 g/mol. The average Bonchev–Trinajstić information content (AvgIpc) is 3.40. The standard InChI is InChI=1S/C68H116O6/c1-4-7-10-13-16-19-21-23-25-27-28-29-30-31-32-33-34-35-36-37-38-39-40-42-43-45-47-49-52-55-58-61-67(70)73-64-65(63-72-66(69)60-57-54-51-18-15-12-9-6-3)74-68(71)62-59-56-53-50-48-46-44-41-26-24-22-20-17-14-11-8-5-2/h7-8,10-11,16-17,19-20,23-26,28-29,31-32,65H,4-6,9,12-15,18,21-22,27,30,33-64H2,1-3H3/b10-7-,11-8-,19-16-,20-17-,25-23-,26-24-,29-28-,32-31-. The van der Waals surface area contributed by atoms with Crippen molar-refractivity contribution in [1.82, 2.24) is 0 Å². The van der Waals surface area contributed by atoms with Crippen molar-refractivity contribution in [2.75, 3.05) is 13.2 Å². The quantitative estimate of drug-likeness (QED) is 0.0261. The summed E-state index contributed by atoms with van der Waals surface area (Å²) in [5.74, 6) is -0.885. The van der Waals surface area contributed by atoms with Gasteiger partial charge in [-0.05, 0) is 96.3 Å². The van der Waals surface area contributed by atoms with Crippen molar-refractivity contribution in [3.63, 3.8) is 0 Å². The molecule has 1 atom stereocenters. The van der Waals surface area contributed by atoms with Crippen LogP contribution in [0.3, 0.4) is 0 Å². The lowest BCUT2D eigenvalue weighted by atomic mass is 10.0. The summed E-state index contributed by atoms with van der Waals surface area (Å²) < 4.78 is 16.8. The van der Waals surface area contributed by atoms with Gasteiger partial charge in [0.15, 0.2) is 6.10 Å². The Labute approximate surface area is 457 Å². The van der Waals surface area contributed by atoms with Crippen LogP contribution in [0.1, 0.15) is 297 Å². The van der Waals surface area contributed by atoms with E-state index < -0.39 is 6.10 Å². The van der Waals surface area contributed by atoms with Gasteiger partial charge in [-0.15, -0.1) is 0 Å². The molecule has 0 radical (unpaired) electrons. The second-order valence-electron chi connectivity index (χ2n) is 20.6. The van der Waals surface area contributed by atoms with Gasteiger partial charge in [-0.25, -0.2) is 0 Å². The highest BCUT2D eigenvalue weighted by molar-refractivity contribution is 5.71. The lowest BCUT2D eigenvalue weighted by molar-refractivity contribution is -0.167. The first-order valence-electron chi connectivity index (χ1n) is 31.2. The zero-order chi connectivity index (χ0) is 53.6. The SMILES string of the molecule is CC/C=C\C/C=C\C/C=C\C/C=C\C/C=C\CCCCCCCCCCCCCCCCCC(=O)OCC(COC(=O)CCCCCCCCCC)OC(=O)CCCCCCCCC/C=C\C/C=C\C/C=C\CC. The molecule has 424 valence electrons. The molecule has 0 fully saturated rings. The van der Waals surface area contributed by atoms with Crippen molar-refractivity contribution >= 4 is 17.9 Å². The number of ether oxygens (including phenoxy) is 3. The fourth-order valence-electron chi connectivity index (χ4n) is 8.72. The molecular formula is C68H116O6. The van der Waals surface area contributed by atoms with Gasteiger partial charge in [0.1, 0.15) is 13.2 Å². The second-order valence-corrected chi connectivity index (χ2v) is 20.6. The molecule has 0 spiro atoms. The van der Waals surface area contributed by atoms with Gasteiger partial charge in [-0.1, -0.05) is 279 Å². The van der Waals surface area contributed by atoms with Crippen molar-refractivity contribution in [2.45, 2.75) is 303 Å². The van der Waals surface area contributed by atoms with E-state index >= 15 is 0 Å². The van der Waals surface area contributed by atoms with Gasteiger partial charge >= 0.3 is 17.9 Å². The van der Waals surface area contributed by atoms with E-state index in [0.717, 1.165) is 116 Å². The molecule has 0 saturated heterocycles. The summed E-state index contributed by atoms with van der Waals surface area (Å²) in [4.78, 5) is 38.1. The summed E-state index contributed by atoms with van der Waals surface area (Å²) in [6.45, 7) is 6.40. The molecule has 74 heavy (non-hydrogen) atoms. The first-order valence-corrected chi connectivity index (χ1v) is 31.2. The second kappa shape index (κ2) is 61.9. The molecule has 6 nitrogen and oxygen atoms in total. The van der Waals surface area contributed by atoms with E-state index in [-0.39, 0.29) is 31.1 Å². The van der Waals surface area contributed by atoms with E-state index in [4.69, 9.17) is 14.2 Å². The molecule has 0 aromatic carbocycles. The molecular weight excluding hydrogens is 913 g/mol. The van der Waals surface area contributed by atoms with E-state index in [1.165, 1.54) is 141 Å². The van der Waals surface area contributed by atoms with Crippen LogP contribution in [0.2, 0.25) is 0 Å². The third-order valence-electron chi connectivity index (χ3n) is 13.3. The number of esters is 3. The molecule has 0 aliphatic carbocycles. The highest BCUT2D eigenvalue weighted by atomic mass is 16.6. The predicted octanol–water partition coefficient (Wildman–Crippen LogP) is 21.3. The largest absolute Gasteiger partial charge is 0.462 e. The molecule has 0 aliphatic heterocycles. The van der Waals surface area contributed by atoms with Gasteiger partial charge in [-0.3, -0.25) is 14.4 Å². The Morgan fingerprint density at radius 3 is 0.824 bits per heavy atom. The maximum atomic E-state index is 12.8. The minimum absolute atomic E-state index is 0.0785. The van der Waals surface area contributed by atoms with Crippen LogP contribution in [0.15, 0.2) is 97.2 Å². The maximum absolute atomic E-state index is 12.8. The van der Waals surface area contributed by atoms with Gasteiger partial charge in [0, 0.05) is 19.3 Å². The van der Waals surface area contributed by atoms with Crippen molar-refractivity contribution < 1.29 is 28.6 Å². The van der Waals surface area contributed by atoms with Crippen LogP contribution in [0.4, 0.5) is 0 Å². The highest BCUT2D eigenvalue weighted by Crippen LogP contribution is 2.16. The Morgan fingerprint density at radius 2 is 0.527 bits per heavy atom. The lowest BCUT2D eigenvalue weighted by Crippen LogP contribution is -2.30. The maximum Gasteiger partial charge on any atom is 0.306 e. The van der Waals surface area contributed by atoms with E-state index in [1.807, 2.05) is 0 Å². The Bertz CT molecular complexity index is 1460. The molecule has 0 aromatic rings. The summed E-state index contributed by atoms with van der Waals surface area (Å²) in [5, 5.41) is 0. The summed E-state index contributed by atoms with van der Waals surface area (Å²) in [5.41, 5.74) is 0. The molecule has 0 saturated carbocycles. The molecule has 0 aromatic heterocycles. The molecule has 0 heterocycles. The van der Waals surface area contributed by atoms with E-state index in [9.17, 15) is 14.4 Å². The van der Waals surface area contributed by atoms with Crippen molar-refractivity contribution in [3.05, 3.63) is 97.2 Å². The Kier molecular flexibility index (Phi) is 58.8. The minimum atomic E-state index is -0.779. The summed E-state index contributed by atoms with van der Waals surface area (Å²) in [6, 6.07) is 0. The van der Waals surface area contributed by atoms with Crippen molar-refractivity contribution in [3.8, 4) is 0 Å². The van der Waals surface area contributed by atoms with Gasteiger partial charge in [0.05, 0.1) is 0 Å². The zero-order valence-corrected chi connectivity index (χ0v) is 48.6. The molecule has 6 heteroatoms. The first-order chi connectivity index (χ1) is 36.5. The first kappa shape index (κ1) is 70.3. The number of unbranched alkanes of at least 4 members (excludes halogenated alkanes) is 29. The number of hydrogen-bond acceptors (Lipinski definition) is 6. The fraction of sp³-hybridized carbons (Fsp3) is 0.721. The lowest BCUT2D eigenvalue weighted by Gasteiger charge is -2.18. The zero-order valence-electron chi connectivity index (χ0n) is 48.6. The summed E-state index contributed by atoms with van der Waals surface area (Å²) in [6.07, 6.45) is 82.9. The third-order valence-corrected chi connectivity index (χ3v) is 13.3. The third kappa shape index (κ3) is 59.2. The molecule has 0 rings (SSSR count). The number of allylic oxidation sites excluding steroid dienone is 16. The summed E-state index contributed by atoms with van der Waals surface area (Å²) in [7, 11) is 0. The van der Waals surface area contributed by atoms with Gasteiger partial charge < -0.3 is 14.2 Å². The van der Waals surface area contributed by atoms with Crippen LogP contribution in [-0.2, 0) is 28.6 Å². The number of rotatable bonds is 56. The molecule has 1 unspecified atom stereocenters. The minimum Gasteiger partial charge on any atom is -0.462 e. The number of carbonyl (C=O) groups is 3. The van der Waals surface area contributed by atoms with Crippen LogP contribution < -0.4 is 0 Å². The van der Waals surface area contributed by atoms with Crippen molar-refractivity contribution in [1.29, 1.82) is 0 Å². The van der Waals surface area contributed by atoms with Crippen molar-refractivity contribution in [2.24, 2.45) is 0 Å². The van der Waals surface area contributed by atoms with E-state index in [0.29, 0.717) is 19.3 Å². The summed E-state index contributed by atoms with van der Waals surface area (Å²) >= 11 is 0.